The Hall–Kier alpha value is -1.91. The maximum Gasteiger partial charge on any atom is 0.188 e. The lowest BCUT2D eigenvalue weighted by Gasteiger charge is -2.25. The van der Waals surface area contributed by atoms with Gasteiger partial charge in [-0.1, -0.05) is 25.5 Å². The van der Waals surface area contributed by atoms with Crippen molar-refractivity contribution in [2.75, 3.05) is 26.8 Å². The number of hydrogen-bond donors (Lipinski definition) is 2. The van der Waals surface area contributed by atoms with Gasteiger partial charge in [-0.2, -0.15) is 0 Å². The van der Waals surface area contributed by atoms with E-state index in [4.69, 9.17) is 15.2 Å². The second-order valence-electron chi connectivity index (χ2n) is 5.97. The number of para-hydroxylation sites is 2. The predicted octanol–water partition coefficient (Wildman–Crippen LogP) is 2.41. The average Bonchev–Trinajstić information content (AvgIpc) is 2.49. The first-order chi connectivity index (χ1) is 10.7. The summed E-state index contributed by atoms with van der Waals surface area (Å²) >= 11 is 0. The summed E-state index contributed by atoms with van der Waals surface area (Å²) in [6, 6.07) is 7.65. The highest BCUT2D eigenvalue weighted by Crippen LogP contribution is 2.26. The van der Waals surface area contributed by atoms with Crippen LogP contribution in [0.25, 0.3) is 0 Å². The Labute approximate surface area is 132 Å². The summed E-state index contributed by atoms with van der Waals surface area (Å²) in [4.78, 5) is 4.38. The molecule has 1 unspecified atom stereocenters. The third kappa shape index (κ3) is 5.13. The summed E-state index contributed by atoms with van der Waals surface area (Å²) in [6.07, 6.45) is 3.97. The minimum atomic E-state index is 0.286. The van der Waals surface area contributed by atoms with Crippen molar-refractivity contribution in [2.24, 2.45) is 22.6 Å². The Morgan fingerprint density at radius 3 is 2.73 bits per heavy atom. The average molecular weight is 305 g/mol. The van der Waals surface area contributed by atoms with Crippen LogP contribution in [0.4, 0.5) is 0 Å². The molecule has 1 atom stereocenters. The fourth-order valence-electron chi connectivity index (χ4n) is 2.28. The normalized spacial score (nSPS) is 16.7. The van der Waals surface area contributed by atoms with Gasteiger partial charge in [0.25, 0.3) is 0 Å². The molecule has 1 aromatic carbocycles. The largest absolute Gasteiger partial charge is 0.493 e. The Morgan fingerprint density at radius 1 is 1.36 bits per heavy atom. The number of hydrogen-bond acceptors (Lipinski definition) is 3. The van der Waals surface area contributed by atoms with Crippen LogP contribution in [0.15, 0.2) is 29.3 Å². The number of nitrogens with zero attached hydrogens (tertiary/aromatic N) is 1. The molecule has 0 heterocycles. The van der Waals surface area contributed by atoms with Crippen molar-refractivity contribution in [1.29, 1.82) is 0 Å². The van der Waals surface area contributed by atoms with Gasteiger partial charge in [-0.15, -0.1) is 0 Å². The van der Waals surface area contributed by atoms with E-state index in [0.29, 0.717) is 19.1 Å². The lowest BCUT2D eigenvalue weighted by molar-refractivity contribution is 0.251. The van der Waals surface area contributed by atoms with E-state index in [9.17, 15) is 0 Å². The van der Waals surface area contributed by atoms with Crippen molar-refractivity contribution < 1.29 is 9.47 Å². The van der Waals surface area contributed by atoms with E-state index in [1.165, 1.54) is 19.3 Å². The van der Waals surface area contributed by atoms with Crippen LogP contribution in [0.3, 0.4) is 0 Å². The molecule has 0 aliphatic heterocycles. The Morgan fingerprint density at radius 2 is 2.09 bits per heavy atom. The van der Waals surface area contributed by atoms with E-state index in [1.54, 1.807) is 7.11 Å². The molecule has 1 aliphatic carbocycles. The van der Waals surface area contributed by atoms with Crippen molar-refractivity contribution >= 4 is 5.96 Å². The minimum Gasteiger partial charge on any atom is -0.493 e. The molecular formula is C17H27N3O2. The molecule has 0 bridgehead atoms. The third-order valence-electron chi connectivity index (χ3n) is 3.96. The van der Waals surface area contributed by atoms with Crippen molar-refractivity contribution in [1.82, 2.24) is 5.32 Å². The molecule has 0 aromatic heterocycles. The van der Waals surface area contributed by atoms with Gasteiger partial charge in [0.2, 0.25) is 0 Å². The topological polar surface area (TPSA) is 68.9 Å². The van der Waals surface area contributed by atoms with Crippen molar-refractivity contribution in [3.63, 3.8) is 0 Å². The van der Waals surface area contributed by atoms with E-state index in [0.717, 1.165) is 24.0 Å². The van der Waals surface area contributed by atoms with E-state index in [2.05, 4.69) is 17.2 Å². The first-order valence-corrected chi connectivity index (χ1v) is 7.98. The zero-order chi connectivity index (χ0) is 15.8. The maximum absolute atomic E-state index is 5.88. The molecule has 5 heteroatoms. The van der Waals surface area contributed by atoms with Gasteiger partial charge in [0.05, 0.1) is 13.7 Å². The third-order valence-corrected chi connectivity index (χ3v) is 3.96. The van der Waals surface area contributed by atoms with Crippen LogP contribution in [0.5, 0.6) is 11.5 Å². The van der Waals surface area contributed by atoms with Crippen LogP contribution in [0.2, 0.25) is 0 Å². The molecular weight excluding hydrogens is 278 g/mol. The van der Waals surface area contributed by atoms with Gasteiger partial charge in [0, 0.05) is 19.0 Å². The van der Waals surface area contributed by atoms with Gasteiger partial charge in [-0.25, -0.2) is 0 Å². The maximum atomic E-state index is 5.88. The lowest BCUT2D eigenvalue weighted by atomic mass is 9.85. The molecule has 0 saturated heterocycles. The van der Waals surface area contributed by atoms with Crippen LogP contribution in [-0.4, -0.2) is 32.8 Å². The van der Waals surface area contributed by atoms with Crippen LogP contribution >= 0.6 is 0 Å². The second-order valence-corrected chi connectivity index (χ2v) is 5.97. The van der Waals surface area contributed by atoms with Crippen molar-refractivity contribution in [3.05, 3.63) is 24.3 Å². The first kappa shape index (κ1) is 16.5. The molecule has 2 rings (SSSR count). The first-order valence-electron chi connectivity index (χ1n) is 7.98. The molecule has 1 aromatic rings. The smallest absolute Gasteiger partial charge is 0.188 e. The number of methoxy groups -OCH3 is 1. The van der Waals surface area contributed by atoms with Gasteiger partial charge in [-0.05, 0) is 30.9 Å². The van der Waals surface area contributed by atoms with Crippen LogP contribution < -0.4 is 20.5 Å². The number of guanidine groups is 1. The highest BCUT2D eigenvalue weighted by Gasteiger charge is 2.16. The van der Waals surface area contributed by atoms with Crippen LogP contribution in [0, 0.1) is 11.8 Å². The summed E-state index contributed by atoms with van der Waals surface area (Å²) in [7, 11) is 1.64. The van der Waals surface area contributed by atoms with Gasteiger partial charge in [0.1, 0.15) is 0 Å². The Bertz CT molecular complexity index is 487. The highest BCUT2D eigenvalue weighted by molar-refractivity contribution is 5.77. The molecule has 122 valence electrons. The van der Waals surface area contributed by atoms with Crippen LogP contribution in [0.1, 0.15) is 26.2 Å². The molecule has 1 saturated carbocycles. The molecule has 3 N–H and O–H groups in total. The zero-order valence-electron chi connectivity index (χ0n) is 13.5. The lowest BCUT2D eigenvalue weighted by Crippen LogP contribution is -2.37. The number of rotatable bonds is 8. The van der Waals surface area contributed by atoms with Crippen molar-refractivity contribution in [2.45, 2.75) is 26.2 Å². The number of nitrogens with one attached hydrogen (secondary N) is 1. The Balaban J connectivity index is 1.69. The van der Waals surface area contributed by atoms with Gasteiger partial charge in [-0.3, -0.25) is 4.99 Å². The number of benzene rings is 1. The Kier molecular flexibility index (Phi) is 6.37. The highest BCUT2D eigenvalue weighted by atomic mass is 16.5. The molecule has 0 amide bonds. The molecule has 0 spiro atoms. The standard InChI is InChI=1S/C17H27N3O2/c1-13(10-19-17(18)20-11-14-6-5-7-14)12-22-16-9-4-3-8-15(16)21-2/h3-4,8-9,13-14H,5-7,10-12H2,1-2H3,(H3,18,19,20). The fourth-order valence-corrected chi connectivity index (χ4v) is 2.28. The van der Waals surface area contributed by atoms with E-state index in [1.807, 2.05) is 24.3 Å². The van der Waals surface area contributed by atoms with E-state index >= 15 is 0 Å². The molecule has 1 aliphatic rings. The zero-order valence-corrected chi connectivity index (χ0v) is 13.5. The SMILES string of the molecule is COc1ccccc1OCC(C)CN=C(N)NCC1CCC1. The molecule has 5 nitrogen and oxygen atoms in total. The summed E-state index contributed by atoms with van der Waals surface area (Å²) in [5.74, 6) is 3.11. The fraction of sp³-hybridized carbons (Fsp3) is 0.588. The summed E-state index contributed by atoms with van der Waals surface area (Å²) in [5.41, 5.74) is 5.88. The quantitative estimate of drug-likeness (QED) is 0.571. The van der Waals surface area contributed by atoms with Gasteiger partial charge >= 0.3 is 0 Å². The summed E-state index contributed by atoms with van der Waals surface area (Å²) < 4.78 is 11.1. The van der Waals surface area contributed by atoms with Gasteiger partial charge < -0.3 is 20.5 Å². The van der Waals surface area contributed by atoms with Crippen LogP contribution in [-0.2, 0) is 0 Å². The van der Waals surface area contributed by atoms with E-state index in [-0.39, 0.29) is 5.92 Å². The molecule has 0 radical (unpaired) electrons. The second kappa shape index (κ2) is 8.51. The summed E-state index contributed by atoms with van der Waals surface area (Å²) in [5, 5.41) is 3.20. The minimum absolute atomic E-state index is 0.286. The number of ether oxygens (including phenoxy) is 2. The number of aliphatic imine (C=N–C) groups is 1. The monoisotopic (exact) mass is 305 g/mol. The summed E-state index contributed by atoms with van der Waals surface area (Å²) in [6.45, 7) is 4.28. The molecule has 1 fully saturated rings. The molecule has 22 heavy (non-hydrogen) atoms. The predicted molar refractivity (Wildman–Crippen MR) is 89.5 cm³/mol. The number of nitrogens with two attached hydrogens (primary N) is 1. The van der Waals surface area contributed by atoms with Crippen molar-refractivity contribution in [3.8, 4) is 11.5 Å². The van der Waals surface area contributed by atoms with Gasteiger partial charge in [0.15, 0.2) is 17.5 Å². The van der Waals surface area contributed by atoms with E-state index < -0.39 is 0 Å².